The molecule has 1 unspecified atom stereocenters. The van der Waals surface area contributed by atoms with Crippen molar-refractivity contribution >= 4 is 48.2 Å². The summed E-state index contributed by atoms with van der Waals surface area (Å²) in [5.74, 6) is -0.249. The molecule has 0 saturated heterocycles. The van der Waals surface area contributed by atoms with Gasteiger partial charge >= 0.3 is 25.7 Å². The predicted molar refractivity (Wildman–Crippen MR) is 161 cm³/mol. The number of rotatable bonds is 19. The van der Waals surface area contributed by atoms with E-state index in [-0.39, 0.29) is 19.1 Å². The van der Waals surface area contributed by atoms with Gasteiger partial charge in [-0.05, 0) is 90.1 Å². The molecule has 0 aromatic rings. The average molecular weight is 598 g/mol. The lowest BCUT2D eigenvalue weighted by molar-refractivity contribution is -0.127. The Morgan fingerprint density at radius 1 is 0.833 bits per heavy atom. The van der Waals surface area contributed by atoms with E-state index in [4.69, 9.17) is 21.6 Å². The van der Waals surface area contributed by atoms with Gasteiger partial charge < -0.3 is 31.6 Å². The molecule has 36 heavy (non-hydrogen) atoms. The monoisotopic (exact) mass is 597 g/mol. The Kier molecular flexibility index (Phi) is 15.0. The van der Waals surface area contributed by atoms with E-state index < -0.39 is 48.4 Å². The van der Waals surface area contributed by atoms with Crippen molar-refractivity contribution in [3.63, 3.8) is 0 Å². The molecule has 0 saturated carbocycles. The molecule has 1 amide bonds. The number of aliphatic hydroxyl groups excluding tert-OH is 2. The number of hydrogen-bond donors (Lipinski definition) is 2. The molecular formula is C23H55NO7Si5. The first-order valence-corrected chi connectivity index (χ1v) is 27.9. The van der Waals surface area contributed by atoms with E-state index in [1.165, 1.54) is 23.8 Å². The molecule has 2 N–H and O–H groups in total. The number of amides is 1. The first-order chi connectivity index (χ1) is 16.2. The molecule has 0 aliphatic heterocycles. The van der Waals surface area contributed by atoms with Gasteiger partial charge in [0.25, 0.3) is 0 Å². The van der Waals surface area contributed by atoms with Gasteiger partial charge in [0.05, 0.1) is 12.7 Å². The smallest absolute Gasteiger partial charge is 0.314 e. The fourth-order valence-electron chi connectivity index (χ4n) is 4.71. The van der Waals surface area contributed by atoms with Crippen LogP contribution in [0.3, 0.4) is 0 Å². The van der Waals surface area contributed by atoms with Gasteiger partial charge in [0.2, 0.25) is 5.91 Å². The Bertz CT molecular complexity index is 690. The van der Waals surface area contributed by atoms with Crippen LogP contribution >= 0.6 is 0 Å². The van der Waals surface area contributed by atoms with Crippen LogP contribution in [-0.4, -0.2) is 89.1 Å². The molecule has 0 spiro atoms. The van der Waals surface area contributed by atoms with E-state index in [9.17, 15) is 9.90 Å². The predicted octanol–water partition coefficient (Wildman–Crippen LogP) is 5.13. The maximum atomic E-state index is 12.1. The molecule has 0 heterocycles. The Morgan fingerprint density at radius 3 is 1.64 bits per heavy atom. The van der Waals surface area contributed by atoms with Crippen molar-refractivity contribution in [1.29, 1.82) is 0 Å². The van der Waals surface area contributed by atoms with Crippen molar-refractivity contribution in [2.45, 2.75) is 110 Å². The van der Waals surface area contributed by atoms with E-state index in [2.05, 4.69) is 79.0 Å². The second kappa shape index (κ2) is 15.0. The molecular weight excluding hydrogens is 543 g/mol. The number of carbonyl (C=O) groups is 1. The third-order valence-electron chi connectivity index (χ3n) is 5.49. The molecule has 0 aromatic heterocycles. The molecule has 0 aliphatic carbocycles. The van der Waals surface area contributed by atoms with E-state index in [0.717, 1.165) is 18.5 Å². The molecule has 0 aromatic carbocycles. The van der Waals surface area contributed by atoms with Gasteiger partial charge in [0.15, 0.2) is 16.6 Å². The summed E-state index contributed by atoms with van der Waals surface area (Å²) in [6.07, 6.45) is 3.39. The van der Waals surface area contributed by atoms with Gasteiger partial charge in [-0.3, -0.25) is 4.79 Å². The summed E-state index contributed by atoms with van der Waals surface area (Å²) < 4.78 is 26.6. The van der Waals surface area contributed by atoms with Gasteiger partial charge in [-0.1, -0.05) is 26.3 Å². The third kappa shape index (κ3) is 16.1. The Labute approximate surface area is 226 Å². The molecule has 8 nitrogen and oxygen atoms in total. The zero-order valence-electron chi connectivity index (χ0n) is 24.9. The third-order valence-corrected chi connectivity index (χ3v) is 24.8. The number of carbonyl (C=O) groups excluding carboxylic acids is 1. The van der Waals surface area contributed by atoms with Crippen molar-refractivity contribution < 1.29 is 31.5 Å². The molecule has 13 heteroatoms. The lowest BCUT2D eigenvalue weighted by Crippen LogP contribution is -2.58. The molecule has 214 valence electrons. The lowest BCUT2D eigenvalue weighted by atomic mass is 10.3. The quantitative estimate of drug-likeness (QED) is 0.157. The van der Waals surface area contributed by atoms with Gasteiger partial charge in [-0.15, -0.1) is 0 Å². The summed E-state index contributed by atoms with van der Waals surface area (Å²) in [4.78, 5) is 13.7. The van der Waals surface area contributed by atoms with E-state index >= 15 is 0 Å². The van der Waals surface area contributed by atoms with Crippen LogP contribution in [0.2, 0.25) is 77.6 Å². The molecule has 0 rings (SSSR count). The average Bonchev–Trinajstić information content (AvgIpc) is 2.66. The van der Waals surface area contributed by atoms with Crippen molar-refractivity contribution in [2.24, 2.45) is 0 Å². The van der Waals surface area contributed by atoms with Crippen LogP contribution in [0.15, 0.2) is 12.7 Å². The summed E-state index contributed by atoms with van der Waals surface area (Å²) in [7, 11) is -11.2. The molecule has 0 bridgehead atoms. The highest BCUT2D eigenvalue weighted by Gasteiger charge is 2.45. The van der Waals surface area contributed by atoms with Crippen LogP contribution in [0, 0.1) is 0 Å². The number of unbranched alkanes of at least 4 members (excludes halogenated alkanes) is 1. The standard InChI is InChI=1S/C23H55NO7Si5/c1-13-15-18-32(3,4)28-34(7,8)30-36(11,12)31-35(9,10)29-33(5,6)19-16-17-24(23(27)14-2)20-22(26)21-25/h14,22,25-26H,2,13,15-21H2,1,3-12H3. The summed E-state index contributed by atoms with van der Waals surface area (Å²) >= 11 is 0. The first-order valence-electron chi connectivity index (χ1n) is 13.2. The maximum Gasteiger partial charge on any atom is 0.314 e. The van der Waals surface area contributed by atoms with Crippen LogP contribution in [-0.2, 0) is 21.3 Å². The van der Waals surface area contributed by atoms with Crippen molar-refractivity contribution in [2.75, 3.05) is 19.7 Å². The molecule has 0 radical (unpaired) electrons. The zero-order valence-corrected chi connectivity index (χ0v) is 29.9. The molecule has 0 fully saturated rings. The summed E-state index contributed by atoms with van der Waals surface area (Å²) in [5, 5.41) is 18.9. The van der Waals surface area contributed by atoms with Crippen LogP contribution in [0.1, 0.15) is 26.2 Å². The highest BCUT2D eigenvalue weighted by atomic mass is 28.5. The number of hydrogen-bond acceptors (Lipinski definition) is 7. The van der Waals surface area contributed by atoms with Crippen LogP contribution < -0.4 is 0 Å². The maximum absolute atomic E-state index is 12.1. The lowest BCUT2D eigenvalue weighted by Gasteiger charge is -2.42. The van der Waals surface area contributed by atoms with Gasteiger partial charge in [0, 0.05) is 13.1 Å². The fourth-order valence-corrected chi connectivity index (χ4v) is 29.5. The van der Waals surface area contributed by atoms with E-state index in [1.807, 2.05) is 0 Å². The van der Waals surface area contributed by atoms with Crippen molar-refractivity contribution in [3.8, 4) is 0 Å². The number of nitrogens with zero attached hydrogens (tertiary/aromatic N) is 1. The number of aliphatic hydroxyl groups is 2. The van der Waals surface area contributed by atoms with Gasteiger partial charge in [0.1, 0.15) is 0 Å². The van der Waals surface area contributed by atoms with E-state index in [1.54, 1.807) is 0 Å². The van der Waals surface area contributed by atoms with Crippen molar-refractivity contribution in [1.82, 2.24) is 4.90 Å². The molecule has 1 atom stereocenters. The first kappa shape index (κ1) is 36.1. The zero-order chi connectivity index (χ0) is 28.4. The van der Waals surface area contributed by atoms with Gasteiger partial charge in [-0.2, -0.15) is 0 Å². The highest BCUT2D eigenvalue weighted by molar-refractivity contribution is 6.90. The Balaban J connectivity index is 5.05. The minimum absolute atomic E-state index is 0.0878. The highest BCUT2D eigenvalue weighted by Crippen LogP contribution is 2.28. The SMILES string of the molecule is C=CC(=O)N(CCC[Si](C)(C)O[Si](C)(C)O[Si](C)(C)O[Si](C)(C)O[Si](C)(C)CCCC)CC(O)CO. The normalized spacial score (nSPS) is 14.6. The van der Waals surface area contributed by atoms with Crippen LogP contribution in [0.25, 0.3) is 0 Å². The Morgan fingerprint density at radius 2 is 1.25 bits per heavy atom. The summed E-state index contributed by atoms with van der Waals surface area (Å²) in [6.45, 7) is 27.4. The second-order valence-corrected chi connectivity index (χ2v) is 31.9. The topological polar surface area (TPSA) is 97.7 Å². The van der Waals surface area contributed by atoms with Crippen LogP contribution in [0.4, 0.5) is 0 Å². The van der Waals surface area contributed by atoms with Crippen LogP contribution in [0.5, 0.6) is 0 Å². The summed E-state index contributed by atoms with van der Waals surface area (Å²) in [6, 6.07) is 1.98. The summed E-state index contributed by atoms with van der Waals surface area (Å²) in [5.41, 5.74) is 0. The Hall–Kier alpha value is 0.0544. The minimum Gasteiger partial charge on any atom is -0.436 e. The second-order valence-electron chi connectivity index (χ2n) is 12.2. The van der Waals surface area contributed by atoms with E-state index in [0.29, 0.717) is 6.54 Å². The fraction of sp³-hybridized carbons (Fsp3) is 0.870. The van der Waals surface area contributed by atoms with Gasteiger partial charge in [-0.25, -0.2) is 0 Å². The minimum atomic E-state index is -2.49. The van der Waals surface area contributed by atoms with Crippen molar-refractivity contribution in [3.05, 3.63) is 12.7 Å². The largest absolute Gasteiger partial charge is 0.436 e. The molecule has 0 aliphatic rings.